The molecular weight excluding hydrogens is 357 g/mol. The highest BCUT2D eigenvalue weighted by atomic mass is 35.5. The van der Waals surface area contributed by atoms with E-state index in [0.29, 0.717) is 27.5 Å². The number of ether oxygens (including phenoxy) is 1. The third-order valence-corrected chi connectivity index (χ3v) is 3.98. The van der Waals surface area contributed by atoms with Crippen LogP contribution >= 0.6 is 11.6 Å². The van der Waals surface area contributed by atoms with E-state index < -0.39 is 5.82 Å². The molecule has 1 amide bonds. The van der Waals surface area contributed by atoms with Gasteiger partial charge in [-0.3, -0.25) is 4.79 Å². The van der Waals surface area contributed by atoms with Crippen molar-refractivity contribution in [3.05, 3.63) is 71.0 Å². The van der Waals surface area contributed by atoms with Gasteiger partial charge < -0.3 is 15.8 Å². The second-order valence-electron chi connectivity index (χ2n) is 5.43. The van der Waals surface area contributed by atoms with Crippen LogP contribution in [0.4, 0.5) is 16.0 Å². The summed E-state index contributed by atoms with van der Waals surface area (Å²) in [6.07, 6.45) is 0. The van der Waals surface area contributed by atoms with E-state index >= 15 is 0 Å². The highest BCUT2D eigenvalue weighted by molar-refractivity contribution is 6.30. The Morgan fingerprint density at radius 1 is 1.12 bits per heavy atom. The van der Waals surface area contributed by atoms with Gasteiger partial charge in [-0.1, -0.05) is 11.6 Å². The third-order valence-electron chi connectivity index (χ3n) is 3.72. The maximum Gasteiger partial charge on any atom is 0.256 e. The predicted octanol–water partition coefficient (Wildman–Crippen LogP) is 4.38. The molecule has 5 nitrogen and oxygen atoms in total. The van der Waals surface area contributed by atoms with Crippen molar-refractivity contribution in [1.29, 1.82) is 0 Å². The zero-order valence-corrected chi connectivity index (χ0v) is 14.5. The molecule has 0 aliphatic heterocycles. The Kier molecular flexibility index (Phi) is 5.04. The lowest BCUT2D eigenvalue weighted by Gasteiger charge is -2.12. The number of nitrogen functional groups attached to an aromatic ring is 1. The summed E-state index contributed by atoms with van der Waals surface area (Å²) in [6.45, 7) is 0. The Balaban J connectivity index is 1.87. The van der Waals surface area contributed by atoms with E-state index in [4.69, 9.17) is 22.1 Å². The molecule has 0 saturated heterocycles. The molecule has 0 bridgehead atoms. The Morgan fingerprint density at radius 3 is 2.50 bits per heavy atom. The first-order chi connectivity index (χ1) is 12.5. The Labute approximate surface area is 154 Å². The van der Waals surface area contributed by atoms with E-state index in [-0.39, 0.29) is 17.5 Å². The first-order valence-electron chi connectivity index (χ1n) is 7.65. The van der Waals surface area contributed by atoms with Crippen LogP contribution in [-0.2, 0) is 0 Å². The SMILES string of the molecule is COc1ccc(F)cc1-c1ccc(NC(=O)c2ccc(Cl)cc2)nc1N. The lowest BCUT2D eigenvalue weighted by atomic mass is 10.1. The van der Waals surface area contributed by atoms with Crippen molar-refractivity contribution >= 4 is 29.1 Å². The number of carbonyl (C=O) groups excluding carboxylic acids is 1. The molecule has 0 radical (unpaired) electrons. The van der Waals surface area contributed by atoms with Crippen LogP contribution in [0.5, 0.6) is 5.75 Å². The number of hydrogen-bond donors (Lipinski definition) is 2. The van der Waals surface area contributed by atoms with Gasteiger partial charge in [0.25, 0.3) is 5.91 Å². The smallest absolute Gasteiger partial charge is 0.256 e. The van der Waals surface area contributed by atoms with Gasteiger partial charge in [-0.05, 0) is 54.6 Å². The normalized spacial score (nSPS) is 10.4. The summed E-state index contributed by atoms with van der Waals surface area (Å²) in [5.41, 5.74) is 7.42. The van der Waals surface area contributed by atoms with E-state index in [1.165, 1.54) is 25.3 Å². The largest absolute Gasteiger partial charge is 0.496 e. The van der Waals surface area contributed by atoms with Gasteiger partial charge in [-0.25, -0.2) is 9.37 Å². The first-order valence-corrected chi connectivity index (χ1v) is 8.03. The van der Waals surface area contributed by atoms with Gasteiger partial charge >= 0.3 is 0 Å². The van der Waals surface area contributed by atoms with Gasteiger partial charge in [0.05, 0.1) is 7.11 Å². The minimum atomic E-state index is -0.416. The maximum atomic E-state index is 13.6. The number of anilines is 2. The van der Waals surface area contributed by atoms with Gasteiger partial charge in [0, 0.05) is 21.7 Å². The number of hydrogen-bond acceptors (Lipinski definition) is 4. The average Bonchev–Trinajstić information content (AvgIpc) is 2.62. The van der Waals surface area contributed by atoms with Crippen LogP contribution in [0.25, 0.3) is 11.1 Å². The monoisotopic (exact) mass is 371 g/mol. The molecule has 132 valence electrons. The minimum Gasteiger partial charge on any atom is -0.496 e. The molecule has 0 fully saturated rings. The summed E-state index contributed by atoms with van der Waals surface area (Å²) in [5, 5.41) is 3.20. The predicted molar refractivity (Wildman–Crippen MR) is 100 cm³/mol. The molecule has 3 rings (SSSR count). The van der Waals surface area contributed by atoms with Gasteiger partial charge in [-0.15, -0.1) is 0 Å². The molecule has 0 aliphatic rings. The second-order valence-corrected chi connectivity index (χ2v) is 5.87. The topological polar surface area (TPSA) is 77.2 Å². The van der Waals surface area contributed by atoms with Crippen LogP contribution in [0.2, 0.25) is 5.02 Å². The Hall–Kier alpha value is -3.12. The first kappa shape index (κ1) is 17.7. The number of benzene rings is 2. The summed E-state index contributed by atoms with van der Waals surface area (Å²) in [4.78, 5) is 16.4. The summed E-state index contributed by atoms with van der Waals surface area (Å²) in [7, 11) is 1.49. The van der Waals surface area contributed by atoms with Crippen molar-refractivity contribution in [3.8, 4) is 16.9 Å². The van der Waals surface area contributed by atoms with Gasteiger partial charge in [0.2, 0.25) is 0 Å². The molecule has 1 aromatic heterocycles. The number of carbonyl (C=O) groups is 1. The van der Waals surface area contributed by atoms with Crippen LogP contribution in [0.3, 0.4) is 0 Å². The molecule has 0 unspecified atom stereocenters. The molecule has 0 atom stereocenters. The summed E-state index contributed by atoms with van der Waals surface area (Å²) in [6, 6.07) is 13.8. The number of rotatable bonds is 4. The van der Waals surface area contributed by atoms with Crippen molar-refractivity contribution in [2.45, 2.75) is 0 Å². The molecule has 26 heavy (non-hydrogen) atoms. The number of methoxy groups -OCH3 is 1. The number of nitrogens with zero attached hydrogens (tertiary/aromatic N) is 1. The molecular formula is C19H15ClFN3O2. The lowest BCUT2D eigenvalue weighted by molar-refractivity contribution is 0.102. The van der Waals surface area contributed by atoms with Gasteiger partial charge in [0.1, 0.15) is 23.2 Å². The van der Waals surface area contributed by atoms with E-state index in [2.05, 4.69) is 10.3 Å². The zero-order chi connectivity index (χ0) is 18.7. The maximum absolute atomic E-state index is 13.6. The van der Waals surface area contributed by atoms with E-state index in [0.717, 1.165) is 0 Å². The number of nitrogens with one attached hydrogen (secondary N) is 1. The molecule has 0 saturated carbocycles. The molecule has 0 aliphatic carbocycles. The quantitative estimate of drug-likeness (QED) is 0.713. The highest BCUT2D eigenvalue weighted by Gasteiger charge is 2.13. The van der Waals surface area contributed by atoms with Crippen molar-refractivity contribution in [2.24, 2.45) is 0 Å². The molecule has 2 aromatic carbocycles. The van der Waals surface area contributed by atoms with Gasteiger partial charge in [0.15, 0.2) is 0 Å². The van der Waals surface area contributed by atoms with Crippen LogP contribution in [0, 0.1) is 5.82 Å². The fourth-order valence-electron chi connectivity index (χ4n) is 2.45. The number of amides is 1. The second kappa shape index (κ2) is 7.41. The Morgan fingerprint density at radius 2 is 1.85 bits per heavy atom. The van der Waals surface area contributed by atoms with Crippen LogP contribution in [0.15, 0.2) is 54.6 Å². The third kappa shape index (κ3) is 3.75. The van der Waals surface area contributed by atoms with E-state index in [1.54, 1.807) is 36.4 Å². The number of aromatic nitrogens is 1. The van der Waals surface area contributed by atoms with Crippen molar-refractivity contribution < 1.29 is 13.9 Å². The van der Waals surface area contributed by atoms with Gasteiger partial charge in [-0.2, -0.15) is 0 Å². The molecule has 0 spiro atoms. The standard InChI is InChI=1S/C19H15ClFN3O2/c1-26-16-8-6-13(21)10-15(16)14-7-9-17(23-18(14)22)24-19(25)11-2-4-12(20)5-3-11/h2-10H,1H3,(H3,22,23,24,25). The summed E-state index contributed by atoms with van der Waals surface area (Å²) < 4.78 is 18.8. The molecule has 1 heterocycles. The van der Waals surface area contributed by atoms with Crippen LogP contribution in [0.1, 0.15) is 10.4 Å². The van der Waals surface area contributed by atoms with Crippen LogP contribution in [-0.4, -0.2) is 18.0 Å². The molecule has 3 aromatic rings. The fourth-order valence-corrected chi connectivity index (χ4v) is 2.58. The number of nitrogens with two attached hydrogens (primary N) is 1. The van der Waals surface area contributed by atoms with Crippen LogP contribution < -0.4 is 15.8 Å². The minimum absolute atomic E-state index is 0.141. The van der Waals surface area contributed by atoms with Crippen molar-refractivity contribution in [3.63, 3.8) is 0 Å². The lowest BCUT2D eigenvalue weighted by Crippen LogP contribution is -2.13. The Bertz CT molecular complexity index is 961. The number of pyridine rings is 1. The van der Waals surface area contributed by atoms with E-state index in [9.17, 15) is 9.18 Å². The molecule has 3 N–H and O–H groups in total. The highest BCUT2D eigenvalue weighted by Crippen LogP contribution is 2.34. The fraction of sp³-hybridized carbons (Fsp3) is 0.0526. The summed E-state index contributed by atoms with van der Waals surface area (Å²) in [5.74, 6) is 0.132. The van der Waals surface area contributed by atoms with Crippen molar-refractivity contribution in [1.82, 2.24) is 4.98 Å². The van der Waals surface area contributed by atoms with Crippen molar-refractivity contribution in [2.75, 3.05) is 18.2 Å². The average molecular weight is 372 g/mol. The molecule has 7 heteroatoms. The number of halogens is 2. The zero-order valence-electron chi connectivity index (χ0n) is 13.8. The summed E-state index contributed by atoms with van der Waals surface area (Å²) >= 11 is 5.81. The van der Waals surface area contributed by atoms with E-state index in [1.807, 2.05) is 0 Å².